The van der Waals surface area contributed by atoms with E-state index in [1.807, 2.05) is 32.0 Å². The maximum absolute atomic E-state index is 12.8. The number of aryl methyl sites for hydroxylation is 2. The van der Waals surface area contributed by atoms with Crippen LogP contribution < -0.4 is 10.1 Å². The number of carbonyl (C=O) groups excluding carboxylic acids is 1. The van der Waals surface area contributed by atoms with Gasteiger partial charge in [0.05, 0.1) is 12.0 Å². The number of hydrogen-bond donors (Lipinski definition) is 1. The van der Waals surface area contributed by atoms with Crippen LogP contribution in [0.4, 0.5) is 0 Å². The molecule has 1 aliphatic heterocycles. The van der Waals surface area contributed by atoms with Gasteiger partial charge in [-0.3, -0.25) is 9.69 Å². The number of amides is 1. The number of nitrogens with zero attached hydrogens (tertiary/aromatic N) is 2. The third-order valence-corrected chi connectivity index (χ3v) is 7.14. The summed E-state index contributed by atoms with van der Waals surface area (Å²) in [5.41, 5.74) is 2.80. The van der Waals surface area contributed by atoms with Crippen LogP contribution in [0.2, 0.25) is 0 Å². The summed E-state index contributed by atoms with van der Waals surface area (Å²) < 4.78 is 32.2. The van der Waals surface area contributed by atoms with E-state index in [0.29, 0.717) is 50.6 Å². The van der Waals surface area contributed by atoms with Crippen molar-refractivity contribution >= 4 is 15.9 Å². The van der Waals surface area contributed by atoms with Crippen LogP contribution in [0.5, 0.6) is 5.75 Å². The smallest absolute Gasteiger partial charge is 0.251 e. The lowest BCUT2D eigenvalue weighted by Crippen LogP contribution is -2.50. The molecular weight excluding hydrogens is 402 g/mol. The lowest BCUT2D eigenvalue weighted by atomic mass is 10.1. The molecule has 1 fully saturated rings. The van der Waals surface area contributed by atoms with E-state index in [9.17, 15) is 13.2 Å². The second kappa shape index (κ2) is 9.59. The van der Waals surface area contributed by atoms with Crippen molar-refractivity contribution in [1.29, 1.82) is 0 Å². The Morgan fingerprint density at radius 2 is 1.60 bits per heavy atom. The molecule has 1 heterocycles. The molecule has 1 amide bonds. The first-order valence-corrected chi connectivity index (χ1v) is 11.5. The van der Waals surface area contributed by atoms with Crippen LogP contribution in [-0.2, 0) is 10.0 Å². The average Bonchev–Trinajstić information content (AvgIpc) is 2.73. The fourth-order valence-electron chi connectivity index (χ4n) is 3.63. The number of nitrogens with one attached hydrogen (secondary N) is 1. The van der Waals surface area contributed by atoms with Crippen LogP contribution in [0.25, 0.3) is 0 Å². The molecule has 1 saturated heterocycles. The lowest BCUT2D eigenvalue weighted by Gasteiger charge is -2.34. The molecule has 0 unspecified atom stereocenters. The van der Waals surface area contributed by atoms with Gasteiger partial charge in [-0.15, -0.1) is 0 Å². The van der Waals surface area contributed by atoms with Gasteiger partial charge in [0, 0.05) is 44.8 Å². The normalized spacial score (nSPS) is 15.7. The third kappa shape index (κ3) is 5.38. The topological polar surface area (TPSA) is 79.0 Å². The maximum atomic E-state index is 12.8. The number of benzene rings is 2. The van der Waals surface area contributed by atoms with Crippen molar-refractivity contribution < 1.29 is 17.9 Å². The molecular formula is C22H29N3O4S. The highest BCUT2D eigenvalue weighted by Crippen LogP contribution is 2.20. The summed E-state index contributed by atoms with van der Waals surface area (Å²) in [5, 5.41) is 2.95. The molecule has 2 aromatic rings. The van der Waals surface area contributed by atoms with E-state index in [1.165, 1.54) is 4.31 Å². The van der Waals surface area contributed by atoms with Gasteiger partial charge in [0.1, 0.15) is 5.75 Å². The largest absolute Gasteiger partial charge is 0.497 e. The Morgan fingerprint density at radius 1 is 1.00 bits per heavy atom. The van der Waals surface area contributed by atoms with Crippen LogP contribution >= 0.6 is 0 Å². The van der Waals surface area contributed by atoms with Gasteiger partial charge in [0.25, 0.3) is 5.91 Å². The predicted molar refractivity (Wildman–Crippen MR) is 116 cm³/mol. The molecule has 0 aliphatic carbocycles. The van der Waals surface area contributed by atoms with Gasteiger partial charge in [-0.05, 0) is 50.2 Å². The number of ether oxygens (including phenoxy) is 1. The second-order valence-corrected chi connectivity index (χ2v) is 9.49. The van der Waals surface area contributed by atoms with Gasteiger partial charge < -0.3 is 10.1 Å². The summed E-state index contributed by atoms with van der Waals surface area (Å²) in [6.45, 7) is 7.29. The maximum Gasteiger partial charge on any atom is 0.251 e. The Hall–Kier alpha value is -2.42. The van der Waals surface area contributed by atoms with Crippen LogP contribution in [0.15, 0.2) is 47.4 Å². The molecule has 0 spiro atoms. The first kappa shape index (κ1) is 22.3. The summed E-state index contributed by atoms with van der Waals surface area (Å²) in [6, 6.07) is 12.3. The highest BCUT2D eigenvalue weighted by atomic mass is 32.2. The van der Waals surface area contributed by atoms with E-state index >= 15 is 0 Å². The average molecular weight is 432 g/mol. The molecule has 162 valence electrons. The number of sulfonamides is 1. The van der Waals surface area contributed by atoms with E-state index < -0.39 is 10.0 Å². The summed E-state index contributed by atoms with van der Waals surface area (Å²) >= 11 is 0. The molecule has 30 heavy (non-hydrogen) atoms. The number of rotatable bonds is 7. The molecule has 0 bridgehead atoms. The molecule has 0 aromatic heterocycles. The van der Waals surface area contributed by atoms with Gasteiger partial charge >= 0.3 is 0 Å². The minimum absolute atomic E-state index is 0.0810. The molecule has 2 aromatic carbocycles. The van der Waals surface area contributed by atoms with E-state index in [0.717, 1.165) is 11.1 Å². The third-order valence-electron chi connectivity index (χ3n) is 5.23. The molecule has 0 radical (unpaired) electrons. The van der Waals surface area contributed by atoms with Crippen molar-refractivity contribution in [3.8, 4) is 5.75 Å². The second-order valence-electron chi connectivity index (χ2n) is 7.55. The van der Waals surface area contributed by atoms with Gasteiger partial charge in [-0.2, -0.15) is 4.31 Å². The highest BCUT2D eigenvalue weighted by Gasteiger charge is 2.28. The number of hydrogen-bond acceptors (Lipinski definition) is 5. The first-order valence-electron chi connectivity index (χ1n) is 10.0. The van der Waals surface area contributed by atoms with Crippen LogP contribution in [0, 0.1) is 13.8 Å². The zero-order chi connectivity index (χ0) is 21.7. The van der Waals surface area contributed by atoms with Gasteiger partial charge in [-0.1, -0.05) is 17.2 Å². The predicted octanol–water partition coefficient (Wildman–Crippen LogP) is 2.05. The Balaban J connectivity index is 1.47. The van der Waals surface area contributed by atoms with Gasteiger partial charge in [0.15, 0.2) is 0 Å². The molecule has 0 atom stereocenters. The van der Waals surface area contributed by atoms with E-state index in [2.05, 4.69) is 10.2 Å². The van der Waals surface area contributed by atoms with E-state index in [-0.39, 0.29) is 10.8 Å². The Kier molecular flexibility index (Phi) is 7.12. The van der Waals surface area contributed by atoms with Crippen molar-refractivity contribution in [3.63, 3.8) is 0 Å². The minimum Gasteiger partial charge on any atom is -0.497 e. The minimum atomic E-state index is -3.51. The molecule has 8 heteroatoms. The van der Waals surface area contributed by atoms with E-state index in [4.69, 9.17) is 4.74 Å². The van der Waals surface area contributed by atoms with Crippen molar-refractivity contribution in [2.45, 2.75) is 18.7 Å². The number of piperazine rings is 1. The zero-order valence-corrected chi connectivity index (χ0v) is 18.5. The number of methoxy groups -OCH3 is 1. The number of carbonyl (C=O) groups is 1. The molecule has 3 rings (SSSR count). The van der Waals surface area contributed by atoms with Crippen molar-refractivity contribution in [1.82, 2.24) is 14.5 Å². The lowest BCUT2D eigenvalue weighted by molar-refractivity contribution is 0.0945. The van der Waals surface area contributed by atoms with Gasteiger partial charge in [0.2, 0.25) is 10.0 Å². The fourth-order valence-corrected chi connectivity index (χ4v) is 5.05. The fraction of sp³-hybridized carbons (Fsp3) is 0.409. The van der Waals surface area contributed by atoms with Crippen LogP contribution in [0.1, 0.15) is 21.5 Å². The summed E-state index contributed by atoms with van der Waals surface area (Å²) in [7, 11) is -1.96. The van der Waals surface area contributed by atoms with E-state index in [1.54, 1.807) is 31.4 Å². The summed E-state index contributed by atoms with van der Waals surface area (Å²) in [4.78, 5) is 14.8. The van der Waals surface area contributed by atoms with Gasteiger partial charge in [-0.25, -0.2) is 8.42 Å². The highest BCUT2D eigenvalue weighted by molar-refractivity contribution is 7.89. The zero-order valence-electron chi connectivity index (χ0n) is 17.7. The monoisotopic (exact) mass is 431 g/mol. The first-order chi connectivity index (χ1) is 14.3. The molecule has 0 saturated carbocycles. The Labute approximate surface area is 178 Å². The summed E-state index contributed by atoms with van der Waals surface area (Å²) in [6.07, 6.45) is 0. The van der Waals surface area contributed by atoms with Crippen LogP contribution in [0.3, 0.4) is 0 Å². The molecule has 1 aliphatic rings. The summed E-state index contributed by atoms with van der Waals surface area (Å²) in [5.74, 6) is 0.546. The standard InChI is InChI=1S/C22H29N3O4S/c1-17-14-18(2)16-19(15-17)22(26)23-8-9-24-10-12-25(13-11-24)30(27,28)21-6-4-20(29-3)5-7-21/h4-7,14-16H,8-13H2,1-3H3,(H,23,26). The molecule has 1 N–H and O–H groups in total. The van der Waals surface area contributed by atoms with Crippen LogP contribution in [-0.4, -0.2) is 69.9 Å². The Bertz CT molecular complexity index is 962. The molecule has 7 nitrogen and oxygen atoms in total. The van der Waals surface area contributed by atoms with Crippen molar-refractivity contribution in [2.24, 2.45) is 0 Å². The van der Waals surface area contributed by atoms with Crippen molar-refractivity contribution in [2.75, 3.05) is 46.4 Å². The quantitative estimate of drug-likeness (QED) is 0.726. The van der Waals surface area contributed by atoms with Crippen molar-refractivity contribution in [3.05, 3.63) is 59.2 Å². The Morgan fingerprint density at radius 3 is 2.17 bits per heavy atom. The SMILES string of the molecule is COc1ccc(S(=O)(=O)N2CCN(CCNC(=O)c3cc(C)cc(C)c3)CC2)cc1.